The van der Waals surface area contributed by atoms with Crippen molar-refractivity contribution in [2.75, 3.05) is 12.4 Å². The van der Waals surface area contributed by atoms with Crippen LogP contribution >= 0.6 is 0 Å². The zero-order valence-electron chi connectivity index (χ0n) is 11.2. The van der Waals surface area contributed by atoms with Crippen LogP contribution in [0.25, 0.3) is 11.6 Å². The van der Waals surface area contributed by atoms with Gasteiger partial charge in [-0.25, -0.2) is 4.39 Å². The van der Waals surface area contributed by atoms with E-state index in [2.05, 4.69) is 15.5 Å². The van der Waals surface area contributed by atoms with Gasteiger partial charge in [0.1, 0.15) is 11.6 Å². The number of nitrogens with one attached hydrogen (secondary N) is 1. The number of nitrogens with zero attached hydrogens (tertiary/aromatic N) is 2. The Balaban J connectivity index is 1.71. The minimum absolute atomic E-state index is 0.287. The van der Waals surface area contributed by atoms with Crippen molar-refractivity contribution in [1.82, 2.24) is 10.1 Å². The van der Waals surface area contributed by atoms with E-state index in [1.54, 1.807) is 18.2 Å². The normalized spacial score (nSPS) is 10.6. The van der Waals surface area contributed by atoms with E-state index in [1.165, 1.54) is 25.5 Å². The minimum Gasteiger partial charge on any atom is -0.494 e. The van der Waals surface area contributed by atoms with Crippen molar-refractivity contribution in [3.8, 4) is 17.3 Å². The molecule has 1 N–H and O–H groups in total. The molecule has 3 aromatic rings. The Morgan fingerprint density at radius 2 is 2.24 bits per heavy atom. The lowest BCUT2D eigenvalue weighted by Gasteiger charge is -2.09. The van der Waals surface area contributed by atoms with Crippen LogP contribution in [0.2, 0.25) is 0 Å². The lowest BCUT2D eigenvalue weighted by atomic mass is 10.3. The van der Waals surface area contributed by atoms with E-state index in [-0.39, 0.29) is 12.4 Å². The van der Waals surface area contributed by atoms with E-state index in [1.807, 2.05) is 0 Å². The maximum Gasteiger partial charge on any atom is 0.246 e. The molecule has 2 heterocycles. The third-order valence-electron chi connectivity index (χ3n) is 2.80. The van der Waals surface area contributed by atoms with Crippen molar-refractivity contribution in [1.29, 1.82) is 0 Å². The Morgan fingerprint density at radius 3 is 3.00 bits per heavy atom. The average molecular weight is 289 g/mol. The number of methoxy groups -OCH3 is 1. The first-order chi connectivity index (χ1) is 10.3. The second-order valence-electron chi connectivity index (χ2n) is 4.19. The van der Waals surface area contributed by atoms with E-state index in [0.717, 1.165) is 0 Å². The number of halogens is 1. The minimum atomic E-state index is -0.365. The van der Waals surface area contributed by atoms with Crippen LogP contribution < -0.4 is 10.1 Å². The monoisotopic (exact) mass is 289 g/mol. The number of aromatic nitrogens is 2. The molecule has 0 radical (unpaired) electrons. The Morgan fingerprint density at radius 1 is 1.33 bits per heavy atom. The van der Waals surface area contributed by atoms with E-state index in [0.29, 0.717) is 28.9 Å². The number of hydrogen-bond acceptors (Lipinski definition) is 6. The fourth-order valence-corrected chi connectivity index (χ4v) is 1.81. The second kappa shape index (κ2) is 5.66. The molecule has 108 valence electrons. The average Bonchev–Trinajstić information content (AvgIpc) is 3.16. The summed E-state index contributed by atoms with van der Waals surface area (Å²) in [6, 6.07) is 7.70. The van der Waals surface area contributed by atoms with E-state index >= 15 is 0 Å². The van der Waals surface area contributed by atoms with Crippen LogP contribution in [0.4, 0.5) is 10.1 Å². The van der Waals surface area contributed by atoms with E-state index < -0.39 is 0 Å². The van der Waals surface area contributed by atoms with Crippen LogP contribution in [-0.4, -0.2) is 17.3 Å². The van der Waals surface area contributed by atoms with Gasteiger partial charge < -0.3 is 19.0 Å². The number of furan rings is 1. The molecule has 3 rings (SSSR count). The smallest absolute Gasteiger partial charge is 0.246 e. The van der Waals surface area contributed by atoms with Crippen molar-refractivity contribution in [2.45, 2.75) is 6.54 Å². The molecule has 1 aromatic carbocycles. The van der Waals surface area contributed by atoms with Crippen molar-refractivity contribution < 1.29 is 18.1 Å². The first-order valence-electron chi connectivity index (χ1n) is 6.20. The van der Waals surface area contributed by atoms with Crippen molar-refractivity contribution >= 4 is 5.69 Å². The fourth-order valence-electron chi connectivity index (χ4n) is 1.81. The highest BCUT2D eigenvalue weighted by molar-refractivity contribution is 5.56. The van der Waals surface area contributed by atoms with Crippen LogP contribution in [0.1, 0.15) is 5.89 Å². The summed E-state index contributed by atoms with van der Waals surface area (Å²) in [6.45, 7) is 0.287. The molecule has 0 fully saturated rings. The number of anilines is 1. The second-order valence-corrected chi connectivity index (χ2v) is 4.19. The molecule has 0 atom stereocenters. The summed E-state index contributed by atoms with van der Waals surface area (Å²) in [5, 5.41) is 6.86. The van der Waals surface area contributed by atoms with Crippen molar-refractivity contribution in [3.63, 3.8) is 0 Å². The number of hydrogen-bond donors (Lipinski definition) is 1. The molecule has 0 saturated carbocycles. The quantitative estimate of drug-likeness (QED) is 0.778. The summed E-state index contributed by atoms with van der Waals surface area (Å²) < 4.78 is 28.5. The highest BCUT2D eigenvalue weighted by Gasteiger charge is 2.11. The molecule has 6 nitrogen and oxygen atoms in total. The molecule has 0 aliphatic heterocycles. The molecule has 7 heteroatoms. The molecule has 0 aliphatic rings. The standard InChI is InChI=1S/C14H12FN3O3/c1-19-12-7-9(15)4-5-10(12)16-8-13-17-14(18-21-13)11-3-2-6-20-11/h2-7,16H,8H2,1H3. The maximum atomic E-state index is 13.1. The Labute approximate surface area is 119 Å². The van der Waals surface area contributed by atoms with Crippen LogP contribution in [0.5, 0.6) is 5.75 Å². The van der Waals surface area contributed by atoms with E-state index in [4.69, 9.17) is 13.7 Å². The summed E-state index contributed by atoms with van der Waals surface area (Å²) >= 11 is 0. The van der Waals surface area contributed by atoms with Gasteiger partial charge in [-0.1, -0.05) is 5.16 Å². The third kappa shape index (κ3) is 2.86. The van der Waals surface area contributed by atoms with Crippen LogP contribution in [0.15, 0.2) is 45.5 Å². The predicted octanol–water partition coefficient (Wildman–Crippen LogP) is 3.09. The molecule has 21 heavy (non-hydrogen) atoms. The Hall–Kier alpha value is -2.83. The SMILES string of the molecule is COc1cc(F)ccc1NCc1nc(-c2ccco2)no1. The molecule has 0 spiro atoms. The topological polar surface area (TPSA) is 73.3 Å². The van der Waals surface area contributed by atoms with Crippen molar-refractivity contribution in [2.24, 2.45) is 0 Å². The van der Waals surface area contributed by atoms with Crippen LogP contribution in [0, 0.1) is 5.82 Å². The molecular weight excluding hydrogens is 277 g/mol. The molecule has 0 unspecified atom stereocenters. The molecule has 0 aliphatic carbocycles. The third-order valence-corrected chi connectivity index (χ3v) is 2.80. The Kier molecular flexibility index (Phi) is 3.55. The summed E-state index contributed by atoms with van der Waals surface area (Å²) in [7, 11) is 1.47. The molecule has 0 bridgehead atoms. The number of benzene rings is 1. The lowest BCUT2D eigenvalue weighted by Crippen LogP contribution is -2.02. The zero-order valence-corrected chi connectivity index (χ0v) is 11.2. The van der Waals surface area contributed by atoms with Crippen molar-refractivity contribution in [3.05, 3.63) is 48.3 Å². The zero-order chi connectivity index (χ0) is 14.7. The van der Waals surface area contributed by atoms with Gasteiger partial charge in [0.25, 0.3) is 0 Å². The number of ether oxygens (including phenoxy) is 1. The van der Waals surface area contributed by atoms with Gasteiger partial charge in [0.05, 0.1) is 25.6 Å². The highest BCUT2D eigenvalue weighted by atomic mass is 19.1. The predicted molar refractivity (Wildman–Crippen MR) is 72.3 cm³/mol. The van der Waals surface area contributed by atoms with Gasteiger partial charge in [-0.2, -0.15) is 4.98 Å². The molecular formula is C14H12FN3O3. The van der Waals surface area contributed by atoms with Gasteiger partial charge in [0.2, 0.25) is 11.7 Å². The van der Waals surface area contributed by atoms with Crippen LogP contribution in [-0.2, 0) is 6.54 Å². The van der Waals surface area contributed by atoms with Gasteiger partial charge in [-0.05, 0) is 24.3 Å². The first-order valence-corrected chi connectivity index (χ1v) is 6.20. The maximum absolute atomic E-state index is 13.1. The molecule has 0 amide bonds. The summed E-state index contributed by atoms with van der Waals surface area (Å²) in [5.74, 6) is 1.33. The fraction of sp³-hybridized carbons (Fsp3) is 0.143. The highest BCUT2D eigenvalue weighted by Crippen LogP contribution is 2.25. The van der Waals surface area contributed by atoms with Gasteiger partial charge >= 0.3 is 0 Å². The largest absolute Gasteiger partial charge is 0.494 e. The van der Waals surface area contributed by atoms with Gasteiger partial charge in [-0.3, -0.25) is 0 Å². The molecule has 2 aromatic heterocycles. The van der Waals surface area contributed by atoms with Gasteiger partial charge in [-0.15, -0.1) is 0 Å². The lowest BCUT2D eigenvalue weighted by molar-refractivity contribution is 0.382. The van der Waals surface area contributed by atoms with E-state index in [9.17, 15) is 4.39 Å². The Bertz CT molecular complexity index is 725. The summed E-state index contributed by atoms with van der Waals surface area (Å²) in [4.78, 5) is 4.19. The molecule has 0 saturated heterocycles. The summed E-state index contributed by atoms with van der Waals surface area (Å²) in [5.41, 5.74) is 0.636. The van der Waals surface area contributed by atoms with Gasteiger partial charge in [0, 0.05) is 6.07 Å². The van der Waals surface area contributed by atoms with Crippen LogP contribution in [0.3, 0.4) is 0 Å². The first kappa shape index (κ1) is 13.2. The van der Waals surface area contributed by atoms with Gasteiger partial charge in [0.15, 0.2) is 5.76 Å². The number of rotatable bonds is 5. The summed E-state index contributed by atoms with van der Waals surface area (Å²) in [6.07, 6.45) is 1.53.